The van der Waals surface area contributed by atoms with Crippen LogP contribution in [0.25, 0.3) is 0 Å². The minimum Gasteiger partial charge on any atom is -0.493 e. The number of ether oxygens (including phenoxy) is 2. The number of methoxy groups -OCH3 is 2. The Morgan fingerprint density at radius 3 is 2.50 bits per heavy atom. The van der Waals surface area contributed by atoms with Crippen molar-refractivity contribution in [3.05, 3.63) is 48.0 Å². The van der Waals surface area contributed by atoms with E-state index in [1.54, 1.807) is 42.5 Å². The van der Waals surface area contributed by atoms with Gasteiger partial charge in [0.05, 0.1) is 26.3 Å². The molecule has 7 heteroatoms. The number of thioether (sulfide) groups is 1. The van der Waals surface area contributed by atoms with Gasteiger partial charge in [-0.2, -0.15) is 8.78 Å². The molecule has 2 aromatic carbocycles. The van der Waals surface area contributed by atoms with Crippen molar-refractivity contribution in [2.75, 3.05) is 19.5 Å². The summed E-state index contributed by atoms with van der Waals surface area (Å²) in [4.78, 5) is 12.5. The van der Waals surface area contributed by atoms with Gasteiger partial charge in [-0.25, -0.2) is 0 Å². The van der Waals surface area contributed by atoms with Crippen LogP contribution in [0.5, 0.6) is 11.5 Å². The van der Waals surface area contributed by atoms with Crippen LogP contribution in [0, 0.1) is 0 Å². The van der Waals surface area contributed by atoms with Gasteiger partial charge in [-0.1, -0.05) is 30.0 Å². The SMILES string of the molecule is COc1ccc(CC(=O)Nc2ccccc2SC(F)F)cc1OC. The molecule has 1 amide bonds. The van der Waals surface area contributed by atoms with Gasteiger partial charge in [-0.05, 0) is 29.8 Å². The van der Waals surface area contributed by atoms with E-state index in [0.717, 1.165) is 5.56 Å². The minimum absolute atomic E-state index is 0.0913. The van der Waals surface area contributed by atoms with Crippen LogP contribution in [-0.4, -0.2) is 25.9 Å². The second-order valence-corrected chi connectivity index (χ2v) is 5.82. The highest BCUT2D eigenvalue weighted by Gasteiger charge is 2.13. The van der Waals surface area contributed by atoms with E-state index in [2.05, 4.69) is 5.32 Å². The zero-order valence-corrected chi connectivity index (χ0v) is 14.0. The number of anilines is 1. The molecule has 2 aromatic rings. The van der Waals surface area contributed by atoms with Gasteiger partial charge in [-0.15, -0.1) is 0 Å². The fourth-order valence-electron chi connectivity index (χ4n) is 2.14. The third-order valence-electron chi connectivity index (χ3n) is 3.19. The summed E-state index contributed by atoms with van der Waals surface area (Å²) in [6.07, 6.45) is 0.0913. The second-order valence-electron chi connectivity index (χ2n) is 4.79. The van der Waals surface area contributed by atoms with E-state index >= 15 is 0 Å². The molecular formula is C17H17F2NO3S. The maximum atomic E-state index is 12.6. The van der Waals surface area contributed by atoms with E-state index in [1.165, 1.54) is 14.2 Å². The van der Waals surface area contributed by atoms with E-state index < -0.39 is 5.76 Å². The largest absolute Gasteiger partial charge is 0.493 e. The fourth-order valence-corrected chi connectivity index (χ4v) is 2.73. The first-order valence-electron chi connectivity index (χ1n) is 7.08. The number of halogens is 2. The van der Waals surface area contributed by atoms with E-state index in [4.69, 9.17) is 9.47 Å². The van der Waals surface area contributed by atoms with Crippen LogP contribution in [0.4, 0.5) is 14.5 Å². The van der Waals surface area contributed by atoms with Crippen LogP contribution in [-0.2, 0) is 11.2 Å². The van der Waals surface area contributed by atoms with Gasteiger partial charge in [0.25, 0.3) is 5.76 Å². The minimum atomic E-state index is -2.55. The summed E-state index contributed by atoms with van der Waals surface area (Å²) in [6, 6.07) is 11.6. The van der Waals surface area contributed by atoms with E-state index in [0.29, 0.717) is 33.8 Å². The predicted octanol–water partition coefficient (Wildman–Crippen LogP) is 4.20. The summed E-state index contributed by atoms with van der Waals surface area (Å²) in [7, 11) is 3.04. The Hall–Kier alpha value is -2.28. The van der Waals surface area contributed by atoms with Gasteiger partial charge < -0.3 is 14.8 Å². The van der Waals surface area contributed by atoms with Crippen molar-refractivity contribution in [3.8, 4) is 11.5 Å². The van der Waals surface area contributed by atoms with Crippen molar-refractivity contribution in [1.29, 1.82) is 0 Å². The molecule has 0 fully saturated rings. The van der Waals surface area contributed by atoms with Crippen molar-refractivity contribution in [3.63, 3.8) is 0 Å². The van der Waals surface area contributed by atoms with E-state index in [1.807, 2.05) is 0 Å². The Morgan fingerprint density at radius 2 is 1.83 bits per heavy atom. The fraction of sp³-hybridized carbons (Fsp3) is 0.235. The number of para-hydroxylation sites is 1. The summed E-state index contributed by atoms with van der Waals surface area (Å²) >= 11 is 0.400. The van der Waals surface area contributed by atoms with E-state index in [-0.39, 0.29) is 12.3 Å². The van der Waals surface area contributed by atoms with Crippen molar-refractivity contribution in [2.24, 2.45) is 0 Å². The molecule has 0 bridgehead atoms. The van der Waals surface area contributed by atoms with Crippen molar-refractivity contribution in [2.45, 2.75) is 17.1 Å². The van der Waals surface area contributed by atoms with Crippen LogP contribution in [0.15, 0.2) is 47.4 Å². The first kappa shape index (κ1) is 18.1. The number of benzene rings is 2. The average molecular weight is 353 g/mol. The summed E-state index contributed by atoms with van der Waals surface area (Å²) < 4.78 is 35.5. The van der Waals surface area contributed by atoms with Crippen molar-refractivity contribution in [1.82, 2.24) is 0 Å². The number of carbonyl (C=O) groups is 1. The quantitative estimate of drug-likeness (QED) is 0.758. The monoisotopic (exact) mass is 353 g/mol. The predicted molar refractivity (Wildman–Crippen MR) is 90.2 cm³/mol. The smallest absolute Gasteiger partial charge is 0.288 e. The summed E-state index contributed by atoms with van der Waals surface area (Å²) in [6.45, 7) is 0. The Balaban J connectivity index is 2.09. The van der Waals surface area contributed by atoms with Crippen LogP contribution in [0.3, 0.4) is 0 Å². The molecule has 2 rings (SSSR count). The maximum Gasteiger partial charge on any atom is 0.288 e. The molecule has 24 heavy (non-hydrogen) atoms. The summed E-state index contributed by atoms with van der Waals surface area (Å²) in [5.41, 5.74) is 1.09. The lowest BCUT2D eigenvalue weighted by Gasteiger charge is -2.12. The Kier molecular flexibility index (Phi) is 6.43. The molecule has 0 saturated heterocycles. The number of amides is 1. The van der Waals surface area contributed by atoms with Gasteiger partial charge in [0, 0.05) is 4.90 Å². The van der Waals surface area contributed by atoms with Gasteiger partial charge >= 0.3 is 0 Å². The molecule has 0 saturated carbocycles. The molecule has 128 valence electrons. The number of hydrogen-bond donors (Lipinski definition) is 1. The Morgan fingerprint density at radius 1 is 1.12 bits per heavy atom. The summed E-state index contributed by atoms with van der Waals surface area (Å²) in [5.74, 6) is -1.75. The molecule has 0 aromatic heterocycles. The maximum absolute atomic E-state index is 12.6. The second kappa shape index (κ2) is 8.54. The molecule has 0 unspecified atom stereocenters. The normalized spacial score (nSPS) is 10.5. The first-order chi connectivity index (χ1) is 11.5. The third kappa shape index (κ3) is 4.86. The van der Waals surface area contributed by atoms with Gasteiger partial charge in [-0.3, -0.25) is 4.79 Å². The molecule has 0 heterocycles. The Bertz CT molecular complexity index is 710. The van der Waals surface area contributed by atoms with Crippen LogP contribution >= 0.6 is 11.8 Å². The highest BCUT2D eigenvalue weighted by atomic mass is 32.2. The lowest BCUT2D eigenvalue weighted by Crippen LogP contribution is -2.15. The molecule has 0 radical (unpaired) electrons. The zero-order chi connectivity index (χ0) is 17.5. The lowest BCUT2D eigenvalue weighted by atomic mass is 10.1. The molecule has 1 N–H and O–H groups in total. The van der Waals surface area contributed by atoms with Crippen LogP contribution < -0.4 is 14.8 Å². The third-order valence-corrected chi connectivity index (χ3v) is 3.98. The highest BCUT2D eigenvalue weighted by molar-refractivity contribution is 7.99. The molecule has 0 aliphatic carbocycles. The number of carbonyl (C=O) groups excluding carboxylic acids is 1. The number of nitrogens with one attached hydrogen (secondary N) is 1. The molecule has 0 atom stereocenters. The van der Waals surface area contributed by atoms with Gasteiger partial charge in [0.2, 0.25) is 5.91 Å². The van der Waals surface area contributed by atoms with Gasteiger partial charge in [0.15, 0.2) is 11.5 Å². The van der Waals surface area contributed by atoms with Crippen molar-refractivity contribution >= 4 is 23.4 Å². The summed E-state index contributed by atoms with van der Waals surface area (Å²) in [5, 5.41) is 2.67. The lowest BCUT2D eigenvalue weighted by molar-refractivity contribution is -0.115. The first-order valence-corrected chi connectivity index (χ1v) is 7.96. The van der Waals surface area contributed by atoms with Gasteiger partial charge in [0.1, 0.15) is 0 Å². The van der Waals surface area contributed by atoms with E-state index in [9.17, 15) is 13.6 Å². The highest BCUT2D eigenvalue weighted by Crippen LogP contribution is 2.32. The topological polar surface area (TPSA) is 47.6 Å². The molecule has 0 aliphatic heterocycles. The number of hydrogen-bond acceptors (Lipinski definition) is 4. The number of alkyl halides is 2. The van der Waals surface area contributed by atoms with Crippen LogP contribution in [0.2, 0.25) is 0 Å². The van der Waals surface area contributed by atoms with Crippen molar-refractivity contribution < 1.29 is 23.0 Å². The average Bonchev–Trinajstić information content (AvgIpc) is 2.56. The zero-order valence-electron chi connectivity index (χ0n) is 13.2. The molecule has 4 nitrogen and oxygen atoms in total. The van der Waals surface area contributed by atoms with Crippen LogP contribution in [0.1, 0.15) is 5.56 Å². The molecule has 0 aliphatic rings. The molecule has 0 spiro atoms. The molecular weight excluding hydrogens is 336 g/mol. The Labute approximate surface area is 143 Å². The number of rotatable bonds is 7. The standard InChI is InChI=1S/C17H17F2NO3S/c1-22-13-8-7-11(9-14(13)23-2)10-16(21)20-12-5-3-4-6-15(12)24-17(18)19/h3-9,17H,10H2,1-2H3,(H,20,21).